The molecule has 0 atom stereocenters. The van der Waals surface area contributed by atoms with E-state index in [0.29, 0.717) is 5.88 Å². The van der Waals surface area contributed by atoms with Crippen LogP contribution in [0.2, 0.25) is 0 Å². The van der Waals surface area contributed by atoms with Crippen molar-refractivity contribution in [1.82, 2.24) is 4.98 Å². The maximum Gasteiger partial charge on any atom is 0.288 e. The smallest absolute Gasteiger partial charge is 0.288 e. The zero-order valence-corrected chi connectivity index (χ0v) is 11.1. The van der Waals surface area contributed by atoms with E-state index in [-0.39, 0.29) is 0 Å². The first kappa shape index (κ1) is 12.4. The van der Waals surface area contributed by atoms with Gasteiger partial charge in [0.15, 0.2) is 6.20 Å². The molecule has 4 heteroatoms. The molecule has 4 nitrogen and oxygen atoms in total. The summed E-state index contributed by atoms with van der Waals surface area (Å²) in [6.07, 6.45) is 3.63. The molecular weight excluding hydrogens is 228 g/mol. The van der Waals surface area contributed by atoms with Crippen LogP contribution in [0.5, 0.6) is 11.6 Å². The molecule has 94 valence electrons. The fraction of sp³-hybridized carbons (Fsp3) is 0.286. The van der Waals surface area contributed by atoms with Gasteiger partial charge in [-0.2, -0.15) is 4.57 Å². The van der Waals surface area contributed by atoms with Crippen molar-refractivity contribution in [2.24, 2.45) is 7.05 Å². The Hall–Kier alpha value is -2.10. The highest BCUT2D eigenvalue weighted by atomic mass is 16.5. The molecule has 18 heavy (non-hydrogen) atoms. The first-order chi connectivity index (χ1) is 8.67. The van der Waals surface area contributed by atoms with E-state index < -0.39 is 0 Å². The molecule has 2 aromatic rings. The second kappa shape index (κ2) is 5.04. The molecule has 0 spiro atoms. The van der Waals surface area contributed by atoms with Crippen LogP contribution in [0.25, 0.3) is 11.3 Å². The second-order valence-electron chi connectivity index (χ2n) is 4.08. The summed E-state index contributed by atoms with van der Waals surface area (Å²) in [6.45, 7) is 2.05. The van der Waals surface area contributed by atoms with Crippen LogP contribution in [-0.2, 0) is 7.05 Å². The van der Waals surface area contributed by atoms with Gasteiger partial charge < -0.3 is 9.47 Å². The van der Waals surface area contributed by atoms with E-state index >= 15 is 0 Å². The molecule has 0 bridgehead atoms. The average molecular weight is 245 g/mol. The SMILES string of the molecule is COc1ccc(-c2c(OC)ncc[n+]2C)c(C)c1. The molecule has 0 radical (unpaired) electrons. The van der Waals surface area contributed by atoms with Crippen LogP contribution in [0, 0.1) is 6.92 Å². The van der Waals surface area contributed by atoms with Crippen molar-refractivity contribution in [2.75, 3.05) is 14.2 Å². The van der Waals surface area contributed by atoms with Gasteiger partial charge in [0.25, 0.3) is 11.6 Å². The molecule has 0 aliphatic rings. The Balaban J connectivity index is 2.62. The van der Waals surface area contributed by atoms with E-state index in [4.69, 9.17) is 9.47 Å². The Labute approximate surface area is 107 Å². The fourth-order valence-corrected chi connectivity index (χ4v) is 1.97. The van der Waals surface area contributed by atoms with Crippen molar-refractivity contribution in [3.63, 3.8) is 0 Å². The molecule has 0 amide bonds. The number of aromatic nitrogens is 2. The average Bonchev–Trinajstić information content (AvgIpc) is 2.39. The highest BCUT2D eigenvalue weighted by Gasteiger charge is 2.20. The standard InChI is InChI=1S/C14H17N2O2/c1-10-9-11(17-3)5-6-12(10)13-14(18-4)15-7-8-16(13)2/h5-9H,1-4H3/q+1. The molecule has 1 heterocycles. The van der Waals surface area contributed by atoms with Crippen molar-refractivity contribution in [3.8, 4) is 22.9 Å². The molecule has 0 unspecified atom stereocenters. The van der Waals surface area contributed by atoms with Crippen LogP contribution in [0.3, 0.4) is 0 Å². The van der Waals surface area contributed by atoms with E-state index in [2.05, 4.69) is 4.98 Å². The summed E-state index contributed by atoms with van der Waals surface area (Å²) in [5.74, 6) is 1.47. The zero-order valence-electron chi connectivity index (χ0n) is 11.1. The van der Waals surface area contributed by atoms with Gasteiger partial charge in [-0.1, -0.05) is 0 Å². The monoisotopic (exact) mass is 245 g/mol. The lowest BCUT2D eigenvalue weighted by molar-refractivity contribution is -0.661. The highest BCUT2D eigenvalue weighted by Crippen LogP contribution is 2.29. The Morgan fingerprint density at radius 1 is 1.17 bits per heavy atom. The van der Waals surface area contributed by atoms with Crippen molar-refractivity contribution in [1.29, 1.82) is 0 Å². The summed E-state index contributed by atoms with van der Waals surface area (Å²) < 4.78 is 12.5. The fourth-order valence-electron chi connectivity index (χ4n) is 1.97. The van der Waals surface area contributed by atoms with Gasteiger partial charge in [-0.3, -0.25) is 0 Å². The number of nitrogens with zero attached hydrogens (tertiary/aromatic N) is 2. The molecule has 0 N–H and O–H groups in total. The van der Waals surface area contributed by atoms with Crippen LogP contribution >= 0.6 is 0 Å². The maximum absolute atomic E-state index is 5.33. The number of aryl methyl sites for hydroxylation is 2. The molecule has 1 aromatic heterocycles. The van der Waals surface area contributed by atoms with Crippen LogP contribution in [-0.4, -0.2) is 19.2 Å². The Kier molecular flexibility index (Phi) is 3.46. The van der Waals surface area contributed by atoms with Gasteiger partial charge >= 0.3 is 0 Å². The summed E-state index contributed by atoms with van der Waals surface area (Å²) in [5.41, 5.74) is 3.17. The van der Waals surface area contributed by atoms with Gasteiger partial charge in [0.1, 0.15) is 12.8 Å². The van der Waals surface area contributed by atoms with E-state index in [1.807, 2.05) is 42.9 Å². The van der Waals surface area contributed by atoms with Crippen LogP contribution in [0.4, 0.5) is 0 Å². The molecule has 0 aliphatic carbocycles. The first-order valence-electron chi connectivity index (χ1n) is 5.71. The molecule has 0 fully saturated rings. The summed E-state index contributed by atoms with van der Waals surface area (Å²) in [4.78, 5) is 4.24. The predicted octanol–water partition coefficient (Wildman–Crippen LogP) is 1.90. The number of hydrogen-bond donors (Lipinski definition) is 0. The highest BCUT2D eigenvalue weighted by molar-refractivity contribution is 5.66. The van der Waals surface area contributed by atoms with Crippen LogP contribution in [0.15, 0.2) is 30.6 Å². The van der Waals surface area contributed by atoms with Crippen LogP contribution in [0.1, 0.15) is 5.56 Å². The van der Waals surface area contributed by atoms with E-state index in [9.17, 15) is 0 Å². The topological polar surface area (TPSA) is 35.2 Å². The number of ether oxygens (including phenoxy) is 2. The van der Waals surface area contributed by atoms with E-state index in [1.54, 1.807) is 20.4 Å². The number of rotatable bonds is 3. The van der Waals surface area contributed by atoms with Gasteiger partial charge in [0.2, 0.25) is 0 Å². The summed E-state index contributed by atoms with van der Waals surface area (Å²) in [6, 6.07) is 5.96. The lowest BCUT2D eigenvalue weighted by Crippen LogP contribution is -2.31. The lowest BCUT2D eigenvalue weighted by Gasteiger charge is -2.08. The summed E-state index contributed by atoms with van der Waals surface area (Å²) in [7, 11) is 5.27. The number of methoxy groups -OCH3 is 2. The molecule has 0 saturated heterocycles. The first-order valence-corrected chi connectivity index (χ1v) is 5.71. The Morgan fingerprint density at radius 2 is 1.94 bits per heavy atom. The van der Waals surface area contributed by atoms with E-state index in [0.717, 1.165) is 22.6 Å². The van der Waals surface area contributed by atoms with Gasteiger partial charge in [-0.25, -0.2) is 4.98 Å². The molecule has 1 aromatic carbocycles. The number of benzene rings is 1. The molecule has 0 aliphatic heterocycles. The quantitative estimate of drug-likeness (QED) is 0.775. The van der Waals surface area contributed by atoms with E-state index in [1.165, 1.54) is 0 Å². The predicted molar refractivity (Wildman–Crippen MR) is 68.7 cm³/mol. The van der Waals surface area contributed by atoms with Crippen molar-refractivity contribution >= 4 is 0 Å². The lowest BCUT2D eigenvalue weighted by atomic mass is 10.0. The van der Waals surface area contributed by atoms with Gasteiger partial charge in [-0.15, -0.1) is 0 Å². The summed E-state index contributed by atoms with van der Waals surface area (Å²) >= 11 is 0. The second-order valence-corrected chi connectivity index (χ2v) is 4.08. The third kappa shape index (κ3) is 2.14. The zero-order chi connectivity index (χ0) is 13.1. The maximum atomic E-state index is 5.33. The van der Waals surface area contributed by atoms with Crippen molar-refractivity contribution in [3.05, 3.63) is 36.2 Å². The van der Waals surface area contributed by atoms with Crippen LogP contribution < -0.4 is 14.0 Å². The summed E-state index contributed by atoms with van der Waals surface area (Å²) in [5, 5.41) is 0. The third-order valence-electron chi connectivity index (χ3n) is 2.92. The number of hydrogen-bond acceptors (Lipinski definition) is 3. The molecule has 0 saturated carbocycles. The van der Waals surface area contributed by atoms with Gasteiger partial charge in [-0.05, 0) is 30.7 Å². The van der Waals surface area contributed by atoms with Gasteiger partial charge in [0.05, 0.1) is 26.0 Å². The largest absolute Gasteiger partial charge is 0.497 e. The Bertz CT molecular complexity index is 568. The minimum atomic E-state index is 0.619. The van der Waals surface area contributed by atoms with Crippen molar-refractivity contribution in [2.45, 2.75) is 6.92 Å². The molecule has 2 rings (SSSR count). The van der Waals surface area contributed by atoms with Gasteiger partial charge in [0, 0.05) is 0 Å². The third-order valence-corrected chi connectivity index (χ3v) is 2.92. The Morgan fingerprint density at radius 3 is 2.56 bits per heavy atom. The normalized spacial score (nSPS) is 10.2. The minimum absolute atomic E-state index is 0.619. The molecular formula is C14H17N2O2+. The van der Waals surface area contributed by atoms with Crippen molar-refractivity contribution < 1.29 is 14.0 Å². The minimum Gasteiger partial charge on any atom is -0.497 e.